The number of rotatable bonds is 5. The standard InChI is InChI=1S/C20H28O2Si2/c1-24(2,3)22-20(16-10-11-17-21-20)23(18-12-6-4-7-13-18)19-14-8-5-9-15-19/h4-9,12-15,23H,10-11,16-17H2,1-3H3. The topological polar surface area (TPSA) is 18.5 Å². The molecule has 0 aromatic heterocycles. The van der Waals surface area contributed by atoms with Gasteiger partial charge >= 0.3 is 0 Å². The van der Waals surface area contributed by atoms with Crippen molar-refractivity contribution in [2.75, 3.05) is 6.61 Å². The molecule has 4 heteroatoms. The van der Waals surface area contributed by atoms with E-state index in [1.807, 2.05) is 0 Å². The monoisotopic (exact) mass is 356 g/mol. The van der Waals surface area contributed by atoms with Crippen LogP contribution in [0.3, 0.4) is 0 Å². The van der Waals surface area contributed by atoms with Crippen LogP contribution >= 0.6 is 0 Å². The van der Waals surface area contributed by atoms with Crippen molar-refractivity contribution >= 4 is 27.5 Å². The number of benzene rings is 2. The maximum Gasteiger partial charge on any atom is 0.187 e. The van der Waals surface area contributed by atoms with Gasteiger partial charge in [0.05, 0.1) is 0 Å². The van der Waals surface area contributed by atoms with E-state index in [1.165, 1.54) is 16.8 Å². The second kappa shape index (κ2) is 7.36. The zero-order chi connectivity index (χ0) is 17.0. The molecule has 1 fully saturated rings. The smallest absolute Gasteiger partial charge is 0.187 e. The molecule has 2 nitrogen and oxygen atoms in total. The molecule has 1 aliphatic rings. The Labute approximate surface area is 148 Å². The first-order chi connectivity index (χ1) is 11.5. The summed E-state index contributed by atoms with van der Waals surface area (Å²) in [6, 6.07) is 21.8. The molecular weight excluding hydrogens is 328 g/mol. The third kappa shape index (κ3) is 4.06. The highest BCUT2D eigenvalue weighted by atomic mass is 28.4. The van der Waals surface area contributed by atoms with Crippen molar-refractivity contribution in [3.8, 4) is 0 Å². The predicted octanol–water partition coefficient (Wildman–Crippen LogP) is 3.32. The Morgan fingerprint density at radius 3 is 1.83 bits per heavy atom. The van der Waals surface area contributed by atoms with Crippen molar-refractivity contribution in [3.63, 3.8) is 0 Å². The summed E-state index contributed by atoms with van der Waals surface area (Å²) in [7, 11) is -3.41. The minimum absolute atomic E-state index is 0.411. The third-order valence-electron chi connectivity index (χ3n) is 4.45. The zero-order valence-corrected chi connectivity index (χ0v) is 17.2. The van der Waals surface area contributed by atoms with Crippen LogP contribution in [-0.2, 0) is 9.16 Å². The van der Waals surface area contributed by atoms with Crippen molar-refractivity contribution in [1.29, 1.82) is 0 Å². The molecule has 24 heavy (non-hydrogen) atoms. The van der Waals surface area contributed by atoms with Gasteiger partial charge in [0, 0.05) is 6.61 Å². The van der Waals surface area contributed by atoms with E-state index in [0.29, 0.717) is 0 Å². The Kier molecular flexibility index (Phi) is 5.40. The Bertz CT molecular complexity index is 592. The first-order valence-electron chi connectivity index (χ1n) is 8.94. The van der Waals surface area contributed by atoms with E-state index in [2.05, 4.69) is 80.3 Å². The molecule has 0 saturated carbocycles. The number of hydrogen-bond acceptors (Lipinski definition) is 2. The molecule has 1 aliphatic heterocycles. The predicted molar refractivity (Wildman–Crippen MR) is 106 cm³/mol. The molecule has 128 valence electrons. The fourth-order valence-corrected chi connectivity index (χ4v) is 9.79. The lowest BCUT2D eigenvalue weighted by Crippen LogP contribution is -2.66. The average molecular weight is 357 g/mol. The molecule has 1 saturated heterocycles. The van der Waals surface area contributed by atoms with Crippen LogP contribution in [0.5, 0.6) is 0 Å². The van der Waals surface area contributed by atoms with Gasteiger partial charge in [0.25, 0.3) is 0 Å². The summed E-state index contributed by atoms with van der Waals surface area (Å²) in [6.45, 7) is 7.63. The molecule has 0 bridgehead atoms. The van der Waals surface area contributed by atoms with Gasteiger partial charge < -0.3 is 9.16 Å². The third-order valence-corrected chi connectivity index (χ3v) is 9.20. The van der Waals surface area contributed by atoms with Crippen molar-refractivity contribution in [2.45, 2.75) is 44.3 Å². The molecule has 1 unspecified atom stereocenters. The second-order valence-electron chi connectivity index (χ2n) is 7.59. The summed E-state index contributed by atoms with van der Waals surface area (Å²) in [5.74, 6) is 0. The molecule has 0 aliphatic carbocycles. The molecule has 0 amide bonds. The van der Waals surface area contributed by atoms with E-state index < -0.39 is 22.5 Å². The minimum Gasteiger partial charge on any atom is -0.393 e. The van der Waals surface area contributed by atoms with Gasteiger partial charge in [-0.1, -0.05) is 71.0 Å². The lowest BCUT2D eigenvalue weighted by Gasteiger charge is -2.46. The molecular formula is C20H28O2Si2. The fraction of sp³-hybridized carbons (Fsp3) is 0.400. The van der Waals surface area contributed by atoms with Crippen molar-refractivity contribution in [1.82, 2.24) is 0 Å². The Morgan fingerprint density at radius 1 is 0.875 bits per heavy atom. The fourth-order valence-electron chi connectivity index (χ4n) is 3.67. The summed E-state index contributed by atoms with van der Waals surface area (Å²) >= 11 is 0. The van der Waals surface area contributed by atoms with E-state index in [-0.39, 0.29) is 0 Å². The molecule has 1 heterocycles. The number of ether oxygens (including phenoxy) is 1. The lowest BCUT2D eigenvalue weighted by atomic mass is 10.2. The highest BCUT2D eigenvalue weighted by molar-refractivity contribution is 6.88. The van der Waals surface area contributed by atoms with E-state index in [0.717, 1.165) is 19.4 Å². The van der Waals surface area contributed by atoms with Gasteiger partial charge in [0.2, 0.25) is 0 Å². The van der Waals surface area contributed by atoms with E-state index in [9.17, 15) is 0 Å². The highest BCUT2D eigenvalue weighted by Gasteiger charge is 2.47. The zero-order valence-electron chi connectivity index (χ0n) is 15.0. The lowest BCUT2D eigenvalue weighted by molar-refractivity contribution is -0.152. The van der Waals surface area contributed by atoms with Crippen LogP contribution in [0.1, 0.15) is 19.3 Å². The van der Waals surface area contributed by atoms with Gasteiger partial charge in [-0.15, -0.1) is 0 Å². The van der Waals surface area contributed by atoms with Gasteiger partial charge in [-0.25, -0.2) is 0 Å². The van der Waals surface area contributed by atoms with Crippen LogP contribution < -0.4 is 10.4 Å². The molecule has 0 radical (unpaired) electrons. The molecule has 2 aromatic rings. The van der Waals surface area contributed by atoms with E-state index in [1.54, 1.807) is 0 Å². The molecule has 2 aromatic carbocycles. The summed E-state index contributed by atoms with van der Waals surface area (Å²) in [6.07, 6.45) is 3.34. The minimum atomic E-state index is -1.74. The van der Waals surface area contributed by atoms with Crippen molar-refractivity contribution in [2.24, 2.45) is 0 Å². The summed E-state index contributed by atoms with van der Waals surface area (Å²) in [4.78, 5) is 0. The Balaban J connectivity index is 2.10. The maximum atomic E-state index is 6.82. The largest absolute Gasteiger partial charge is 0.393 e. The van der Waals surface area contributed by atoms with Crippen LogP contribution in [0.25, 0.3) is 0 Å². The van der Waals surface area contributed by atoms with Gasteiger partial charge in [-0.3, -0.25) is 0 Å². The highest BCUT2D eigenvalue weighted by Crippen LogP contribution is 2.32. The Hall–Kier alpha value is -1.21. The van der Waals surface area contributed by atoms with E-state index >= 15 is 0 Å². The first-order valence-corrected chi connectivity index (χ1v) is 14.1. The Morgan fingerprint density at radius 2 is 1.42 bits per heavy atom. The molecule has 3 rings (SSSR count). The van der Waals surface area contributed by atoms with Gasteiger partial charge in [0.1, 0.15) is 5.41 Å². The summed E-state index contributed by atoms with van der Waals surface area (Å²) in [5, 5.41) is 2.81. The van der Waals surface area contributed by atoms with Gasteiger partial charge in [-0.2, -0.15) is 0 Å². The first kappa shape index (κ1) is 17.6. The van der Waals surface area contributed by atoms with Crippen molar-refractivity contribution in [3.05, 3.63) is 60.7 Å². The molecule has 1 atom stereocenters. The maximum absolute atomic E-state index is 6.82. The SMILES string of the molecule is C[Si](C)(C)OC1([SiH](c2ccccc2)c2ccccc2)CCCCO1. The van der Waals surface area contributed by atoms with E-state index in [4.69, 9.17) is 9.16 Å². The quantitative estimate of drug-likeness (QED) is 0.765. The van der Waals surface area contributed by atoms with Crippen LogP contribution in [0.4, 0.5) is 0 Å². The average Bonchev–Trinajstić information content (AvgIpc) is 2.56. The van der Waals surface area contributed by atoms with Crippen LogP contribution in [-0.4, -0.2) is 29.1 Å². The van der Waals surface area contributed by atoms with Crippen LogP contribution in [0.2, 0.25) is 19.6 Å². The molecule has 0 spiro atoms. The summed E-state index contributed by atoms with van der Waals surface area (Å²) in [5.41, 5.74) is -0.411. The molecule has 0 N–H and O–H groups in total. The second-order valence-corrected chi connectivity index (χ2v) is 15.1. The summed E-state index contributed by atoms with van der Waals surface area (Å²) < 4.78 is 13.3. The van der Waals surface area contributed by atoms with Crippen LogP contribution in [0.15, 0.2) is 60.7 Å². The normalized spacial score (nSPS) is 21.8. The van der Waals surface area contributed by atoms with Crippen molar-refractivity contribution < 1.29 is 9.16 Å². The van der Waals surface area contributed by atoms with Crippen LogP contribution in [0, 0.1) is 0 Å². The number of hydrogen-bond donors (Lipinski definition) is 0. The van der Waals surface area contributed by atoms with Gasteiger partial charge in [-0.05, 0) is 38.9 Å². The van der Waals surface area contributed by atoms with Gasteiger partial charge in [0.15, 0.2) is 17.1 Å².